The fourth-order valence-electron chi connectivity index (χ4n) is 2.07. The fraction of sp³-hybridized carbons (Fsp3) is 0.294. The van der Waals surface area contributed by atoms with Gasteiger partial charge < -0.3 is 10.1 Å². The van der Waals surface area contributed by atoms with Crippen LogP contribution in [0.25, 0.3) is 0 Å². The third kappa shape index (κ3) is 4.13. The van der Waals surface area contributed by atoms with E-state index in [2.05, 4.69) is 19.2 Å². The molecule has 0 amide bonds. The van der Waals surface area contributed by atoms with E-state index in [1.807, 2.05) is 36.4 Å². The molecule has 0 saturated carbocycles. The molecule has 2 nitrogen and oxygen atoms in total. The monoisotopic (exact) mass is 323 g/mol. The number of hydrogen-bond acceptors (Lipinski definition) is 2. The maximum Gasteiger partial charge on any atom is 0.133 e. The maximum atomic E-state index is 6.27. The van der Waals surface area contributed by atoms with E-state index in [-0.39, 0.29) is 0 Å². The summed E-state index contributed by atoms with van der Waals surface area (Å²) in [6.45, 7) is 5.69. The molecule has 1 N–H and O–H groups in total. The van der Waals surface area contributed by atoms with Crippen LogP contribution < -0.4 is 10.1 Å². The van der Waals surface area contributed by atoms with Crippen molar-refractivity contribution in [1.29, 1.82) is 0 Å². The second kappa shape index (κ2) is 7.69. The molecule has 0 fully saturated rings. The summed E-state index contributed by atoms with van der Waals surface area (Å²) in [5, 5.41) is 4.75. The highest BCUT2D eigenvalue weighted by atomic mass is 35.5. The van der Waals surface area contributed by atoms with E-state index in [4.69, 9.17) is 27.9 Å². The van der Waals surface area contributed by atoms with Gasteiger partial charge in [-0.25, -0.2) is 0 Å². The second-order valence-corrected chi connectivity index (χ2v) is 5.52. The van der Waals surface area contributed by atoms with Gasteiger partial charge in [0, 0.05) is 22.2 Å². The van der Waals surface area contributed by atoms with Crippen molar-refractivity contribution in [3.8, 4) is 11.5 Å². The summed E-state index contributed by atoms with van der Waals surface area (Å²) in [4.78, 5) is 0. The Morgan fingerprint density at radius 1 is 1.05 bits per heavy atom. The number of rotatable bonds is 6. The first-order chi connectivity index (χ1) is 10.2. The minimum Gasteiger partial charge on any atom is -0.457 e. The van der Waals surface area contributed by atoms with Crippen molar-refractivity contribution >= 4 is 23.2 Å². The molecule has 2 aromatic rings. The van der Waals surface area contributed by atoms with E-state index in [9.17, 15) is 0 Å². The zero-order valence-electron chi connectivity index (χ0n) is 12.2. The van der Waals surface area contributed by atoms with Gasteiger partial charge in [0.2, 0.25) is 0 Å². The molecule has 0 unspecified atom stereocenters. The lowest BCUT2D eigenvalue weighted by molar-refractivity contribution is 0.473. The summed E-state index contributed by atoms with van der Waals surface area (Å²) in [6.07, 6.45) is 0.871. The van der Waals surface area contributed by atoms with E-state index < -0.39 is 0 Å². The minimum atomic E-state index is 0.680. The Balaban J connectivity index is 2.28. The van der Waals surface area contributed by atoms with Crippen LogP contribution in [-0.4, -0.2) is 6.54 Å². The van der Waals surface area contributed by atoms with Gasteiger partial charge in [-0.15, -0.1) is 0 Å². The summed E-state index contributed by atoms with van der Waals surface area (Å²) in [6, 6.07) is 11.4. The largest absolute Gasteiger partial charge is 0.457 e. The van der Waals surface area contributed by atoms with Gasteiger partial charge in [0.15, 0.2) is 0 Å². The van der Waals surface area contributed by atoms with Gasteiger partial charge in [-0.1, -0.05) is 43.1 Å². The minimum absolute atomic E-state index is 0.680. The molecule has 0 aliphatic heterocycles. The lowest BCUT2D eigenvalue weighted by Crippen LogP contribution is -2.12. The lowest BCUT2D eigenvalue weighted by atomic mass is 10.1. The third-order valence-corrected chi connectivity index (χ3v) is 3.98. The van der Waals surface area contributed by atoms with Crippen LogP contribution in [0, 0.1) is 0 Å². The molecule has 0 aliphatic carbocycles. The van der Waals surface area contributed by atoms with E-state index in [1.54, 1.807) is 0 Å². The van der Waals surface area contributed by atoms with Crippen molar-refractivity contribution < 1.29 is 4.74 Å². The molecule has 0 heterocycles. The number of halogens is 2. The van der Waals surface area contributed by atoms with Gasteiger partial charge in [-0.05, 0) is 48.9 Å². The number of ether oxygens (including phenoxy) is 1. The predicted octanol–water partition coefficient (Wildman–Crippen LogP) is 5.46. The highest BCUT2D eigenvalue weighted by Gasteiger charge is 2.09. The Morgan fingerprint density at radius 3 is 2.57 bits per heavy atom. The highest BCUT2D eigenvalue weighted by Crippen LogP contribution is 2.32. The summed E-state index contributed by atoms with van der Waals surface area (Å²) in [5.41, 5.74) is 2.04. The van der Waals surface area contributed by atoms with Crippen LogP contribution in [-0.2, 0) is 13.0 Å². The molecular weight excluding hydrogens is 305 g/mol. The maximum absolute atomic E-state index is 6.27. The van der Waals surface area contributed by atoms with Crippen LogP contribution in [0.5, 0.6) is 11.5 Å². The van der Waals surface area contributed by atoms with Crippen LogP contribution in [0.2, 0.25) is 10.0 Å². The molecule has 2 aromatic carbocycles. The first-order valence-electron chi connectivity index (χ1n) is 7.10. The topological polar surface area (TPSA) is 21.3 Å². The first kappa shape index (κ1) is 16.2. The molecule has 0 spiro atoms. The summed E-state index contributed by atoms with van der Waals surface area (Å²) >= 11 is 12.4. The summed E-state index contributed by atoms with van der Waals surface area (Å²) < 4.78 is 6.00. The van der Waals surface area contributed by atoms with Gasteiger partial charge >= 0.3 is 0 Å². The van der Waals surface area contributed by atoms with Crippen molar-refractivity contribution in [2.45, 2.75) is 26.8 Å². The Labute approximate surface area is 136 Å². The smallest absolute Gasteiger partial charge is 0.133 e. The van der Waals surface area contributed by atoms with Crippen molar-refractivity contribution in [3.63, 3.8) is 0 Å². The number of nitrogens with one attached hydrogen (secondary N) is 1. The predicted molar refractivity (Wildman–Crippen MR) is 89.7 cm³/mol. The van der Waals surface area contributed by atoms with E-state index in [0.717, 1.165) is 40.6 Å². The zero-order chi connectivity index (χ0) is 15.2. The summed E-state index contributed by atoms with van der Waals surface area (Å²) in [7, 11) is 0. The van der Waals surface area contributed by atoms with Gasteiger partial charge in [-0.2, -0.15) is 0 Å². The first-order valence-corrected chi connectivity index (χ1v) is 7.85. The molecule has 0 aliphatic rings. The average molecular weight is 324 g/mol. The van der Waals surface area contributed by atoms with Crippen LogP contribution in [0.1, 0.15) is 25.0 Å². The van der Waals surface area contributed by atoms with Crippen LogP contribution >= 0.6 is 23.2 Å². The van der Waals surface area contributed by atoms with Gasteiger partial charge in [-0.3, -0.25) is 0 Å². The highest BCUT2D eigenvalue weighted by molar-refractivity contribution is 6.31. The van der Waals surface area contributed by atoms with E-state index >= 15 is 0 Å². The zero-order valence-corrected chi connectivity index (χ0v) is 13.8. The molecular formula is C17H19Cl2NO. The SMILES string of the molecule is CCNCc1c(Cl)cccc1Oc1ccc(Cl)c(CC)c1. The molecule has 4 heteroatoms. The molecule has 0 radical (unpaired) electrons. The van der Waals surface area contributed by atoms with Gasteiger partial charge in [0.1, 0.15) is 11.5 Å². The molecule has 21 heavy (non-hydrogen) atoms. The average Bonchev–Trinajstić information content (AvgIpc) is 2.48. The van der Waals surface area contributed by atoms with Crippen molar-refractivity contribution in [1.82, 2.24) is 5.32 Å². The van der Waals surface area contributed by atoms with E-state index in [1.165, 1.54) is 0 Å². The summed E-state index contributed by atoms with van der Waals surface area (Å²) in [5.74, 6) is 1.55. The molecule has 0 aromatic heterocycles. The number of hydrogen-bond donors (Lipinski definition) is 1. The Kier molecular flexibility index (Phi) is 5.92. The molecule has 0 saturated heterocycles. The third-order valence-electron chi connectivity index (χ3n) is 3.25. The molecule has 0 atom stereocenters. The standard InChI is InChI=1S/C17H19Cl2NO/c1-3-12-10-13(8-9-15(12)18)21-17-7-5-6-16(19)14(17)11-20-4-2/h5-10,20H,3-4,11H2,1-2H3. The Hall–Kier alpha value is -1.22. The van der Waals surface area contributed by atoms with Crippen molar-refractivity contribution in [2.24, 2.45) is 0 Å². The molecule has 0 bridgehead atoms. The van der Waals surface area contributed by atoms with E-state index in [0.29, 0.717) is 11.6 Å². The van der Waals surface area contributed by atoms with Crippen LogP contribution in [0.4, 0.5) is 0 Å². The second-order valence-electron chi connectivity index (χ2n) is 4.71. The fourth-order valence-corrected chi connectivity index (χ4v) is 2.55. The number of aryl methyl sites for hydroxylation is 1. The normalized spacial score (nSPS) is 10.7. The van der Waals surface area contributed by atoms with Crippen molar-refractivity contribution in [2.75, 3.05) is 6.54 Å². The van der Waals surface area contributed by atoms with Crippen LogP contribution in [0.15, 0.2) is 36.4 Å². The van der Waals surface area contributed by atoms with Crippen molar-refractivity contribution in [3.05, 3.63) is 57.6 Å². The Morgan fingerprint density at radius 2 is 1.86 bits per heavy atom. The molecule has 112 valence electrons. The number of benzene rings is 2. The Bertz CT molecular complexity index is 614. The lowest BCUT2D eigenvalue weighted by Gasteiger charge is -2.14. The van der Waals surface area contributed by atoms with Gasteiger partial charge in [0.25, 0.3) is 0 Å². The van der Waals surface area contributed by atoms with Crippen LogP contribution in [0.3, 0.4) is 0 Å². The van der Waals surface area contributed by atoms with Gasteiger partial charge in [0.05, 0.1) is 0 Å². The molecule has 2 rings (SSSR count). The quantitative estimate of drug-likeness (QED) is 0.762.